The van der Waals surface area contributed by atoms with Crippen LogP contribution in [0, 0.1) is 0 Å². The van der Waals surface area contributed by atoms with Crippen molar-refractivity contribution in [2.24, 2.45) is 0 Å². The number of anilines is 1. The van der Waals surface area contributed by atoms with Gasteiger partial charge in [-0.15, -0.1) is 0 Å². The summed E-state index contributed by atoms with van der Waals surface area (Å²) in [6.45, 7) is 0. The first-order chi connectivity index (χ1) is 8.34. The second-order valence-corrected chi connectivity index (χ2v) is 3.60. The van der Waals surface area contributed by atoms with Crippen molar-refractivity contribution in [2.75, 3.05) is 12.4 Å². The molecule has 0 heterocycles. The largest absolute Gasteiger partial charge is 0.466 e. The average molecular weight is 280 g/mol. The Hall–Kier alpha value is -1.69. The van der Waals surface area contributed by atoms with Crippen LogP contribution in [-0.4, -0.2) is 13.1 Å². The van der Waals surface area contributed by atoms with Gasteiger partial charge >= 0.3 is 12.1 Å². The molecule has 0 spiro atoms. The van der Waals surface area contributed by atoms with Gasteiger partial charge in [0.15, 0.2) is 0 Å². The maximum atomic E-state index is 12.5. The Balaban J connectivity index is 2.86. The van der Waals surface area contributed by atoms with Crippen LogP contribution in [-0.2, 0) is 15.7 Å². The lowest BCUT2D eigenvalue weighted by Crippen LogP contribution is -2.06. The molecule has 1 aromatic rings. The molecule has 1 N–H and O–H groups in total. The molecule has 0 aliphatic heterocycles. The number of hydrogen-bond acceptors (Lipinski definition) is 3. The number of hydrogen-bond donors (Lipinski definition) is 1. The number of benzene rings is 1. The van der Waals surface area contributed by atoms with Gasteiger partial charge in [0.2, 0.25) is 0 Å². The van der Waals surface area contributed by atoms with Crippen LogP contribution in [0.25, 0.3) is 0 Å². The molecule has 1 aromatic carbocycles. The molecule has 98 valence electrons. The third-order valence-electron chi connectivity index (χ3n) is 1.94. The first-order valence-electron chi connectivity index (χ1n) is 4.72. The smallest absolute Gasteiger partial charge is 0.417 e. The Bertz CT molecular complexity index is 472. The van der Waals surface area contributed by atoms with Gasteiger partial charge in [-0.25, -0.2) is 4.79 Å². The maximum Gasteiger partial charge on any atom is 0.417 e. The Morgan fingerprint density at radius 2 is 2.11 bits per heavy atom. The molecule has 0 amide bonds. The lowest BCUT2D eigenvalue weighted by Gasteiger charge is -2.10. The van der Waals surface area contributed by atoms with Gasteiger partial charge < -0.3 is 10.1 Å². The number of ether oxygens (including phenoxy) is 1. The molecule has 0 saturated heterocycles. The van der Waals surface area contributed by atoms with Crippen molar-refractivity contribution in [1.82, 2.24) is 0 Å². The minimum atomic E-state index is -4.53. The fourth-order valence-corrected chi connectivity index (χ4v) is 1.33. The van der Waals surface area contributed by atoms with E-state index in [1.807, 2.05) is 0 Å². The summed E-state index contributed by atoms with van der Waals surface area (Å²) in [6, 6.07) is 3.34. The number of carbonyl (C=O) groups is 1. The Kier molecular flexibility index (Phi) is 4.61. The zero-order valence-corrected chi connectivity index (χ0v) is 9.97. The summed E-state index contributed by atoms with van der Waals surface area (Å²) in [4.78, 5) is 10.7. The van der Waals surface area contributed by atoms with E-state index in [1.165, 1.54) is 19.4 Å². The number of carbonyl (C=O) groups excluding carboxylic acids is 1. The van der Waals surface area contributed by atoms with Crippen molar-refractivity contribution in [3.63, 3.8) is 0 Å². The number of esters is 1. The standard InChI is InChI=1S/C11H9ClF3NO2/c1-18-10(17)4-5-16-7-2-3-9(12)8(6-7)11(13,14)15/h2-6,16H,1H3/b5-4+. The molecular weight excluding hydrogens is 271 g/mol. The van der Waals surface area contributed by atoms with Crippen LogP contribution in [0.3, 0.4) is 0 Å². The summed E-state index contributed by atoms with van der Waals surface area (Å²) >= 11 is 5.45. The summed E-state index contributed by atoms with van der Waals surface area (Å²) < 4.78 is 41.9. The van der Waals surface area contributed by atoms with E-state index in [9.17, 15) is 18.0 Å². The van der Waals surface area contributed by atoms with Crippen LogP contribution < -0.4 is 5.32 Å². The highest BCUT2D eigenvalue weighted by molar-refractivity contribution is 6.31. The van der Waals surface area contributed by atoms with E-state index in [-0.39, 0.29) is 10.7 Å². The van der Waals surface area contributed by atoms with Crippen molar-refractivity contribution >= 4 is 23.3 Å². The maximum absolute atomic E-state index is 12.5. The number of methoxy groups -OCH3 is 1. The Morgan fingerprint density at radius 1 is 1.44 bits per heavy atom. The predicted molar refractivity (Wildman–Crippen MR) is 61.2 cm³/mol. The number of halogens is 4. The van der Waals surface area contributed by atoms with Crippen LogP contribution >= 0.6 is 11.6 Å². The lowest BCUT2D eigenvalue weighted by atomic mass is 10.2. The first kappa shape index (κ1) is 14.4. The number of alkyl halides is 3. The highest BCUT2D eigenvalue weighted by Gasteiger charge is 2.33. The summed E-state index contributed by atoms with van der Waals surface area (Å²) in [7, 11) is 1.19. The number of rotatable bonds is 3. The van der Waals surface area contributed by atoms with Gasteiger partial charge in [-0.3, -0.25) is 0 Å². The number of nitrogens with one attached hydrogen (secondary N) is 1. The summed E-state index contributed by atoms with van der Waals surface area (Å²) in [5.74, 6) is -0.618. The lowest BCUT2D eigenvalue weighted by molar-refractivity contribution is -0.137. The van der Waals surface area contributed by atoms with Gasteiger partial charge in [0.1, 0.15) is 0 Å². The highest BCUT2D eigenvalue weighted by atomic mass is 35.5. The molecule has 3 nitrogen and oxygen atoms in total. The molecule has 0 aromatic heterocycles. The van der Waals surface area contributed by atoms with Crippen molar-refractivity contribution in [3.8, 4) is 0 Å². The second-order valence-electron chi connectivity index (χ2n) is 3.19. The average Bonchev–Trinajstić information content (AvgIpc) is 2.29. The fraction of sp³-hybridized carbons (Fsp3) is 0.182. The molecule has 0 radical (unpaired) electrons. The summed E-state index contributed by atoms with van der Waals surface area (Å²) in [6.07, 6.45) is -2.31. The van der Waals surface area contributed by atoms with Crippen molar-refractivity contribution in [3.05, 3.63) is 41.1 Å². The van der Waals surface area contributed by atoms with Crippen LogP contribution in [0.4, 0.5) is 18.9 Å². The van der Waals surface area contributed by atoms with Gasteiger partial charge in [0.25, 0.3) is 0 Å². The monoisotopic (exact) mass is 279 g/mol. The Labute approximate surface area is 106 Å². The van der Waals surface area contributed by atoms with Crippen LogP contribution in [0.15, 0.2) is 30.5 Å². The molecular formula is C11H9ClF3NO2. The van der Waals surface area contributed by atoms with E-state index >= 15 is 0 Å². The van der Waals surface area contributed by atoms with Crippen LogP contribution in [0.5, 0.6) is 0 Å². The van der Waals surface area contributed by atoms with Crippen LogP contribution in [0.1, 0.15) is 5.56 Å². The molecule has 0 unspecified atom stereocenters. The van der Waals surface area contributed by atoms with Gasteiger partial charge in [-0.05, 0) is 18.2 Å². The molecule has 1 rings (SSSR count). The molecule has 7 heteroatoms. The second kappa shape index (κ2) is 5.77. The van der Waals surface area contributed by atoms with E-state index in [2.05, 4.69) is 10.1 Å². The minimum absolute atomic E-state index is 0.159. The van der Waals surface area contributed by atoms with E-state index < -0.39 is 17.7 Å². The fourth-order valence-electron chi connectivity index (χ4n) is 1.11. The summed E-state index contributed by atoms with van der Waals surface area (Å²) in [5, 5.41) is 2.13. The first-order valence-corrected chi connectivity index (χ1v) is 5.10. The van der Waals surface area contributed by atoms with Crippen LogP contribution in [0.2, 0.25) is 5.02 Å². The van der Waals surface area contributed by atoms with E-state index in [0.29, 0.717) is 0 Å². The zero-order valence-electron chi connectivity index (χ0n) is 9.22. The molecule has 0 aliphatic carbocycles. The summed E-state index contributed by atoms with van der Waals surface area (Å²) in [5.41, 5.74) is -0.785. The third kappa shape index (κ3) is 3.96. The quantitative estimate of drug-likeness (QED) is 0.680. The van der Waals surface area contributed by atoms with E-state index in [4.69, 9.17) is 11.6 Å². The molecule has 0 atom stereocenters. The minimum Gasteiger partial charge on any atom is -0.466 e. The van der Waals surface area contributed by atoms with Crippen molar-refractivity contribution in [1.29, 1.82) is 0 Å². The molecule has 18 heavy (non-hydrogen) atoms. The molecule has 0 bridgehead atoms. The van der Waals surface area contributed by atoms with E-state index in [0.717, 1.165) is 18.2 Å². The normalized spacial score (nSPS) is 11.6. The molecule has 0 aliphatic rings. The molecule has 0 saturated carbocycles. The van der Waals surface area contributed by atoms with Gasteiger partial charge in [0, 0.05) is 18.0 Å². The SMILES string of the molecule is COC(=O)/C=C/Nc1ccc(Cl)c(C(F)(F)F)c1. The van der Waals surface area contributed by atoms with Gasteiger partial charge in [0.05, 0.1) is 17.7 Å². The van der Waals surface area contributed by atoms with Crippen molar-refractivity contribution < 1.29 is 22.7 Å². The van der Waals surface area contributed by atoms with Gasteiger partial charge in [-0.1, -0.05) is 11.6 Å². The molecule has 0 fully saturated rings. The topological polar surface area (TPSA) is 38.3 Å². The predicted octanol–water partition coefficient (Wildman–Crippen LogP) is 3.46. The third-order valence-corrected chi connectivity index (χ3v) is 2.27. The van der Waals surface area contributed by atoms with Crippen molar-refractivity contribution in [2.45, 2.75) is 6.18 Å². The zero-order chi connectivity index (χ0) is 13.8. The van der Waals surface area contributed by atoms with E-state index in [1.54, 1.807) is 0 Å². The van der Waals surface area contributed by atoms with Gasteiger partial charge in [-0.2, -0.15) is 13.2 Å². The highest BCUT2D eigenvalue weighted by Crippen LogP contribution is 2.36. The Morgan fingerprint density at radius 3 is 2.67 bits per heavy atom.